The molecule has 3 N–H and O–H groups in total. The standard InChI is InChI=1S/C11H12ClFN2O/c1-2-3-10(14)11(16)15-7-4-5-9(13)8(12)6-7/h2,4-6,10H,1,3,14H2,(H,15,16). The minimum Gasteiger partial charge on any atom is -0.325 e. The van der Waals surface area contributed by atoms with Crippen LogP contribution in [0.25, 0.3) is 0 Å². The van der Waals surface area contributed by atoms with Gasteiger partial charge in [-0.15, -0.1) is 6.58 Å². The predicted octanol–water partition coefficient (Wildman–Crippen LogP) is 2.32. The number of halogens is 2. The van der Waals surface area contributed by atoms with Gasteiger partial charge in [0, 0.05) is 5.69 Å². The van der Waals surface area contributed by atoms with Crippen LogP contribution in [-0.4, -0.2) is 11.9 Å². The van der Waals surface area contributed by atoms with Crippen LogP contribution in [0, 0.1) is 5.82 Å². The van der Waals surface area contributed by atoms with Crippen LogP contribution in [0.1, 0.15) is 6.42 Å². The lowest BCUT2D eigenvalue weighted by molar-refractivity contribution is -0.117. The molecule has 0 aromatic heterocycles. The molecule has 0 aliphatic rings. The van der Waals surface area contributed by atoms with Crippen LogP contribution in [0.15, 0.2) is 30.9 Å². The van der Waals surface area contributed by atoms with E-state index < -0.39 is 11.9 Å². The average Bonchev–Trinajstić information content (AvgIpc) is 2.24. The minimum atomic E-state index is -0.665. The third-order valence-electron chi connectivity index (χ3n) is 1.94. The maximum Gasteiger partial charge on any atom is 0.241 e. The second kappa shape index (κ2) is 5.63. The van der Waals surface area contributed by atoms with Crippen LogP contribution >= 0.6 is 11.6 Å². The Bertz CT molecular complexity index is 409. The van der Waals surface area contributed by atoms with Crippen molar-refractivity contribution < 1.29 is 9.18 Å². The molecule has 0 fully saturated rings. The molecule has 1 rings (SSSR count). The van der Waals surface area contributed by atoms with Gasteiger partial charge in [-0.05, 0) is 24.6 Å². The van der Waals surface area contributed by atoms with E-state index in [1.165, 1.54) is 18.2 Å². The van der Waals surface area contributed by atoms with E-state index in [1.54, 1.807) is 6.08 Å². The second-order valence-electron chi connectivity index (χ2n) is 3.25. The number of hydrogen-bond acceptors (Lipinski definition) is 2. The van der Waals surface area contributed by atoms with Gasteiger partial charge < -0.3 is 11.1 Å². The summed E-state index contributed by atoms with van der Waals surface area (Å²) in [6.07, 6.45) is 1.93. The van der Waals surface area contributed by atoms with E-state index in [4.69, 9.17) is 17.3 Å². The average molecular weight is 243 g/mol. The van der Waals surface area contributed by atoms with Gasteiger partial charge in [-0.2, -0.15) is 0 Å². The molecule has 1 aromatic carbocycles. The molecular formula is C11H12ClFN2O. The molecule has 0 bridgehead atoms. The summed E-state index contributed by atoms with van der Waals surface area (Å²) < 4.78 is 12.8. The summed E-state index contributed by atoms with van der Waals surface area (Å²) in [6, 6.07) is 3.26. The van der Waals surface area contributed by atoms with E-state index in [9.17, 15) is 9.18 Å². The molecule has 0 spiro atoms. The van der Waals surface area contributed by atoms with E-state index in [-0.39, 0.29) is 10.9 Å². The van der Waals surface area contributed by atoms with Gasteiger partial charge in [0.2, 0.25) is 5.91 Å². The summed E-state index contributed by atoms with van der Waals surface area (Å²) in [7, 11) is 0. The van der Waals surface area contributed by atoms with Crippen molar-refractivity contribution in [3.8, 4) is 0 Å². The summed E-state index contributed by atoms with van der Waals surface area (Å²) in [5.41, 5.74) is 5.97. The van der Waals surface area contributed by atoms with Crippen molar-refractivity contribution in [2.45, 2.75) is 12.5 Å². The molecule has 86 valence electrons. The number of rotatable bonds is 4. The van der Waals surface area contributed by atoms with E-state index in [0.29, 0.717) is 12.1 Å². The zero-order valence-electron chi connectivity index (χ0n) is 8.54. The largest absolute Gasteiger partial charge is 0.325 e. The van der Waals surface area contributed by atoms with Gasteiger partial charge in [0.15, 0.2) is 0 Å². The third-order valence-corrected chi connectivity index (χ3v) is 2.23. The van der Waals surface area contributed by atoms with Gasteiger partial charge in [0.1, 0.15) is 5.82 Å². The Balaban J connectivity index is 2.69. The second-order valence-corrected chi connectivity index (χ2v) is 3.66. The Morgan fingerprint density at radius 3 is 2.94 bits per heavy atom. The zero-order valence-corrected chi connectivity index (χ0v) is 9.30. The van der Waals surface area contributed by atoms with E-state index in [0.717, 1.165) is 0 Å². The summed E-state index contributed by atoms with van der Waals surface area (Å²) in [4.78, 5) is 11.5. The number of nitrogens with one attached hydrogen (secondary N) is 1. The summed E-state index contributed by atoms with van der Waals surface area (Å²) in [5.74, 6) is -0.891. The number of hydrogen-bond donors (Lipinski definition) is 2. The fraction of sp³-hybridized carbons (Fsp3) is 0.182. The van der Waals surface area contributed by atoms with Crippen molar-refractivity contribution >= 4 is 23.2 Å². The fourth-order valence-corrected chi connectivity index (χ4v) is 1.28. The first-order valence-electron chi connectivity index (χ1n) is 4.67. The zero-order chi connectivity index (χ0) is 12.1. The van der Waals surface area contributed by atoms with Crippen LogP contribution in [0.3, 0.4) is 0 Å². The molecule has 1 unspecified atom stereocenters. The molecule has 0 aliphatic heterocycles. The molecule has 0 radical (unpaired) electrons. The Labute approximate surface area is 98.1 Å². The number of nitrogens with two attached hydrogens (primary N) is 1. The monoisotopic (exact) mass is 242 g/mol. The molecule has 5 heteroatoms. The van der Waals surface area contributed by atoms with Crippen molar-refractivity contribution in [3.63, 3.8) is 0 Å². The Morgan fingerprint density at radius 1 is 1.69 bits per heavy atom. The highest BCUT2D eigenvalue weighted by Crippen LogP contribution is 2.19. The SMILES string of the molecule is C=CCC(N)C(=O)Nc1ccc(F)c(Cl)c1. The van der Waals surface area contributed by atoms with E-state index in [1.807, 2.05) is 0 Å². The van der Waals surface area contributed by atoms with Gasteiger partial charge >= 0.3 is 0 Å². The number of anilines is 1. The van der Waals surface area contributed by atoms with E-state index >= 15 is 0 Å². The highest BCUT2D eigenvalue weighted by Gasteiger charge is 2.12. The van der Waals surface area contributed by atoms with Crippen LogP contribution < -0.4 is 11.1 Å². The maximum atomic E-state index is 12.8. The van der Waals surface area contributed by atoms with Gasteiger partial charge in [-0.1, -0.05) is 17.7 Å². The van der Waals surface area contributed by atoms with Gasteiger partial charge in [0.05, 0.1) is 11.1 Å². The fourth-order valence-electron chi connectivity index (χ4n) is 1.10. The first-order valence-corrected chi connectivity index (χ1v) is 5.04. The summed E-state index contributed by atoms with van der Waals surface area (Å²) >= 11 is 5.56. The number of carbonyl (C=O) groups is 1. The predicted molar refractivity (Wildman–Crippen MR) is 62.8 cm³/mol. The summed E-state index contributed by atoms with van der Waals surface area (Å²) in [6.45, 7) is 3.49. The van der Waals surface area contributed by atoms with Crippen LogP contribution in [-0.2, 0) is 4.79 Å². The lowest BCUT2D eigenvalue weighted by Gasteiger charge is -2.10. The van der Waals surface area contributed by atoms with Gasteiger partial charge in [-0.25, -0.2) is 4.39 Å². The lowest BCUT2D eigenvalue weighted by Crippen LogP contribution is -2.35. The molecule has 0 aliphatic carbocycles. The lowest BCUT2D eigenvalue weighted by atomic mass is 10.2. The Morgan fingerprint density at radius 2 is 2.38 bits per heavy atom. The highest BCUT2D eigenvalue weighted by atomic mass is 35.5. The van der Waals surface area contributed by atoms with E-state index in [2.05, 4.69) is 11.9 Å². The molecule has 3 nitrogen and oxygen atoms in total. The maximum absolute atomic E-state index is 12.8. The minimum absolute atomic E-state index is 0.0462. The topological polar surface area (TPSA) is 55.1 Å². The molecule has 1 atom stereocenters. The summed E-state index contributed by atoms with van der Waals surface area (Å²) in [5, 5.41) is 2.49. The Kier molecular flexibility index (Phi) is 4.46. The Hall–Kier alpha value is -1.39. The quantitative estimate of drug-likeness (QED) is 0.797. The van der Waals surface area contributed by atoms with Crippen LogP contribution in [0.4, 0.5) is 10.1 Å². The van der Waals surface area contributed by atoms with Gasteiger partial charge in [-0.3, -0.25) is 4.79 Å². The number of amides is 1. The van der Waals surface area contributed by atoms with Crippen LogP contribution in [0.5, 0.6) is 0 Å². The van der Waals surface area contributed by atoms with Crippen LogP contribution in [0.2, 0.25) is 5.02 Å². The smallest absolute Gasteiger partial charge is 0.241 e. The normalized spacial score (nSPS) is 11.9. The van der Waals surface area contributed by atoms with Crippen molar-refractivity contribution in [1.82, 2.24) is 0 Å². The van der Waals surface area contributed by atoms with Crippen molar-refractivity contribution in [1.29, 1.82) is 0 Å². The first-order chi connectivity index (χ1) is 7.54. The molecule has 0 saturated carbocycles. The molecule has 1 amide bonds. The highest BCUT2D eigenvalue weighted by molar-refractivity contribution is 6.31. The first kappa shape index (κ1) is 12.7. The van der Waals surface area contributed by atoms with Crippen molar-refractivity contribution in [2.24, 2.45) is 5.73 Å². The molecule has 0 saturated heterocycles. The number of benzene rings is 1. The third kappa shape index (κ3) is 3.32. The molecule has 0 heterocycles. The molecular weight excluding hydrogens is 231 g/mol. The molecule has 16 heavy (non-hydrogen) atoms. The number of carbonyl (C=O) groups excluding carboxylic acids is 1. The molecule has 1 aromatic rings. The van der Waals surface area contributed by atoms with Crippen molar-refractivity contribution in [3.05, 3.63) is 41.7 Å². The van der Waals surface area contributed by atoms with Gasteiger partial charge in [0.25, 0.3) is 0 Å². The van der Waals surface area contributed by atoms with Crippen molar-refractivity contribution in [2.75, 3.05) is 5.32 Å².